The molecule has 3 N–H and O–H groups in total. The topological polar surface area (TPSA) is 109 Å². The van der Waals surface area contributed by atoms with E-state index < -0.39 is 47.4 Å². The first-order valence-corrected chi connectivity index (χ1v) is 4.99. The third kappa shape index (κ3) is 3.76. The van der Waals surface area contributed by atoms with E-state index in [1.165, 1.54) is 0 Å². The van der Waals surface area contributed by atoms with E-state index in [1.54, 1.807) is 0 Å². The number of aliphatic hydroxyl groups excluding tert-OH is 2. The smallest absolute Gasteiger partial charge is 0.394 e. The van der Waals surface area contributed by atoms with Crippen molar-refractivity contribution >= 4 is 11.4 Å². The number of pyridine rings is 1. The summed E-state index contributed by atoms with van der Waals surface area (Å²) in [5.41, 5.74) is -2.46. The highest BCUT2D eigenvalue weighted by Gasteiger charge is 2.34. The van der Waals surface area contributed by atoms with E-state index in [0.29, 0.717) is 12.3 Å². The number of nitro groups is 1. The molecule has 0 amide bonds. The van der Waals surface area contributed by atoms with Crippen molar-refractivity contribution in [2.24, 2.45) is 0 Å². The van der Waals surface area contributed by atoms with E-state index in [2.05, 4.69) is 10.3 Å². The van der Waals surface area contributed by atoms with E-state index in [-0.39, 0.29) is 0 Å². The van der Waals surface area contributed by atoms with Gasteiger partial charge in [-0.25, -0.2) is 4.98 Å². The van der Waals surface area contributed by atoms with Crippen LogP contribution >= 0.6 is 0 Å². The summed E-state index contributed by atoms with van der Waals surface area (Å²) in [4.78, 5) is 12.7. The number of hydrogen-bond donors (Lipinski definition) is 3. The number of aromatic nitrogens is 1. The van der Waals surface area contributed by atoms with Gasteiger partial charge in [0.2, 0.25) is 0 Å². The molecule has 19 heavy (non-hydrogen) atoms. The zero-order valence-electron chi connectivity index (χ0n) is 9.39. The lowest BCUT2D eigenvalue weighted by Gasteiger charge is -2.15. The van der Waals surface area contributed by atoms with Crippen molar-refractivity contribution in [2.75, 3.05) is 18.5 Å². The van der Waals surface area contributed by atoms with Crippen molar-refractivity contribution in [3.05, 3.63) is 28.1 Å². The average Bonchev–Trinajstić information content (AvgIpc) is 2.34. The summed E-state index contributed by atoms with van der Waals surface area (Å²) >= 11 is 0. The molecule has 0 unspecified atom stereocenters. The predicted molar refractivity (Wildman–Crippen MR) is 57.5 cm³/mol. The van der Waals surface area contributed by atoms with Gasteiger partial charge in [0.15, 0.2) is 0 Å². The summed E-state index contributed by atoms with van der Waals surface area (Å²) < 4.78 is 37.3. The first-order valence-electron chi connectivity index (χ1n) is 4.99. The fourth-order valence-corrected chi connectivity index (χ4v) is 1.23. The Morgan fingerprint density at radius 3 is 2.42 bits per heavy atom. The molecule has 1 heterocycles. The molecule has 0 bridgehead atoms. The Kier molecular flexibility index (Phi) is 4.62. The minimum Gasteiger partial charge on any atom is -0.394 e. The maximum atomic E-state index is 12.4. The van der Waals surface area contributed by atoms with Crippen LogP contribution in [0.4, 0.5) is 24.5 Å². The first-order chi connectivity index (χ1) is 8.79. The second-order valence-corrected chi connectivity index (χ2v) is 3.55. The second-order valence-electron chi connectivity index (χ2n) is 3.55. The molecule has 106 valence electrons. The van der Waals surface area contributed by atoms with Crippen LogP contribution in [0, 0.1) is 10.1 Å². The number of aliphatic hydroxyl groups is 2. The summed E-state index contributed by atoms with van der Waals surface area (Å²) in [5.74, 6) is 0. The number of alkyl halides is 3. The van der Waals surface area contributed by atoms with E-state index in [4.69, 9.17) is 10.2 Å². The summed E-state index contributed by atoms with van der Waals surface area (Å²) in [7, 11) is 0. The molecule has 0 saturated carbocycles. The number of nitrogens with one attached hydrogen (secondary N) is 1. The van der Waals surface area contributed by atoms with Gasteiger partial charge in [0, 0.05) is 0 Å². The largest absolute Gasteiger partial charge is 0.433 e. The van der Waals surface area contributed by atoms with Crippen LogP contribution < -0.4 is 5.32 Å². The van der Waals surface area contributed by atoms with E-state index >= 15 is 0 Å². The van der Waals surface area contributed by atoms with Crippen molar-refractivity contribution in [1.82, 2.24) is 4.98 Å². The number of rotatable bonds is 5. The van der Waals surface area contributed by atoms with Crippen molar-refractivity contribution < 1.29 is 28.3 Å². The molecular weight excluding hydrogens is 271 g/mol. The molecule has 1 aromatic heterocycles. The molecule has 0 aliphatic carbocycles. The van der Waals surface area contributed by atoms with E-state index in [0.717, 1.165) is 0 Å². The number of nitrogens with zero attached hydrogens (tertiary/aromatic N) is 2. The number of hydrogen-bond acceptors (Lipinski definition) is 6. The average molecular weight is 281 g/mol. The Labute approximate surface area is 104 Å². The van der Waals surface area contributed by atoms with Gasteiger partial charge in [-0.2, -0.15) is 13.2 Å². The summed E-state index contributed by atoms with van der Waals surface area (Å²) in [5, 5.41) is 30.6. The lowest BCUT2D eigenvalue weighted by molar-refractivity contribution is -0.384. The van der Waals surface area contributed by atoms with Gasteiger partial charge in [-0.05, 0) is 6.07 Å². The fourth-order valence-electron chi connectivity index (χ4n) is 1.23. The fraction of sp³-hybridized carbons (Fsp3) is 0.444. The van der Waals surface area contributed by atoms with Crippen LogP contribution in [0.2, 0.25) is 0 Å². The van der Waals surface area contributed by atoms with E-state index in [9.17, 15) is 23.3 Å². The molecule has 10 heteroatoms. The highest BCUT2D eigenvalue weighted by Crippen LogP contribution is 2.33. The molecule has 0 aromatic carbocycles. The van der Waals surface area contributed by atoms with Gasteiger partial charge >= 0.3 is 11.9 Å². The van der Waals surface area contributed by atoms with Crippen LogP contribution in [-0.2, 0) is 6.18 Å². The van der Waals surface area contributed by atoms with Gasteiger partial charge < -0.3 is 15.5 Å². The van der Waals surface area contributed by atoms with Crippen molar-refractivity contribution in [3.8, 4) is 0 Å². The predicted octanol–water partition coefficient (Wildman–Crippen LogP) is 0.774. The Morgan fingerprint density at radius 2 is 2.00 bits per heavy atom. The quantitative estimate of drug-likeness (QED) is 0.543. The standard InChI is InChI=1S/C9H10F3N3O4/c10-9(11,12)8-1-6(14-5(3-16)4-17)7(2-13-8)15(18)19/h1-2,5,16-17H,3-4H2,(H,13,14). The van der Waals surface area contributed by atoms with Gasteiger partial charge in [-0.15, -0.1) is 0 Å². The van der Waals surface area contributed by atoms with Crippen LogP contribution in [0.25, 0.3) is 0 Å². The number of halogens is 3. The molecule has 7 nitrogen and oxygen atoms in total. The molecule has 0 fully saturated rings. The minimum absolute atomic E-state index is 0.455. The summed E-state index contributed by atoms with van der Waals surface area (Å²) in [6.45, 7) is -1.20. The van der Waals surface area contributed by atoms with Gasteiger partial charge in [0.25, 0.3) is 0 Å². The van der Waals surface area contributed by atoms with Crippen LogP contribution in [0.3, 0.4) is 0 Å². The molecular formula is C9H10F3N3O4. The van der Waals surface area contributed by atoms with Crippen molar-refractivity contribution in [2.45, 2.75) is 12.2 Å². The Hall–Kier alpha value is -1.94. The second kappa shape index (κ2) is 5.80. The zero-order chi connectivity index (χ0) is 14.6. The molecule has 0 spiro atoms. The number of anilines is 1. The highest BCUT2D eigenvalue weighted by molar-refractivity contribution is 5.61. The Bertz CT molecular complexity index is 463. The molecule has 0 saturated heterocycles. The maximum Gasteiger partial charge on any atom is 0.433 e. The van der Waals surface area contributed by atoms with Crippen molar-refractivity contribution in [1.29, 1.82) is 0 Å². The SMILES string of the molecule is O=[N+]([O-])c1cnc(C(F)(F)F)cc1NC(CO)CO. The third-order valence-corrected chi connectivity index (χ3v) is 2.17. The normalized spacial score (nSPS) is 11.7. The summed E-state index contributed by atoms with van der Waals surface area (Å²) in [6.07, 6.45) is -4.28. The summed E-state index contributed by atoms with van der Waals surface area (Å²) in [6, 6.07) is -0.557. The molecule has 0 radical (unpaired) electrons. The first kappa shape index (κ1) is 15.1. The van der Waals surface area contributed by atoms with E-state index in [1.807, 2.05) is 0 Å². The van der Waals surface area contributed by atoms with Gasteiger partial charge in [-0.1, -0.05) is 0 Å². The Balaban J connectivity index is 3.19. The molecule has 0 aliphatic rings. The third-order valence-electron chi connectivity index (χ3n) is 2.17. The lowest BCUT2D eigenvalue weighted by atomic mass is 10.2. The lowest BCUT2D eigenvalue weighted by Crippen LogP contribution is -2.28. The van der Waals surface area contributed by atoms with Crippen LogP contribution in [-0.4, -0.2) is 39.4 Å². The molecule has 0 atom stereocenters. The molecule has 1 rings (SSSR count). The monoisotopic (exact) mass is 281 g/mol. The van der Waals surface area contributed by atoms with Crippen LogP contribution in [0.15, 0.2) is 12.3 Å². The molecule has 0 aliphatic heterocycles. The minimum atomic E-state index is -4.75. The van der Waals surface area contributed by atoms with Gasteiger partial charge in [0.05, 0.1) is 24.2 Å². The highest BCUT2D eigenvalue weighted by atomic mass is 19.4. The Morgan fingerprint density at radius 1 is 1.42 bits per heavy atom. The van der Waals surface area contributed by atoms with Crippen molar-refractivity contribution in [3.63, 3.8) is 0 Å². The van der Waals surface area contributed by atoms with Gasteiger partial charge in [0.1, 0.15) is 17.6 Å². The maximum absolute atomic E-state index is 12.4. The molecule has 1 aromatic rings. The zero-order valence-corrected chi connectivity index (χ0v) is 9.39. The van der Waals surface area contributed by atoms with Crippen LogP contribution in [0.1, 0.15) is 5.69 Å². The van der Waals surface area contributed by atoms with Crippen LogP contribution in [0.5, 0.6) is 0 Å². The van der Waals surface area contributed by atoms with Gasteiger partial charge in [-0.3, -0.25) is 10.1 Å².